The van der Waals surface area contributed by atoms with Gasteiger partial charge in [-0.3, -0.25) is 4.79 Å². The Balaban J connectivity index is 1.44. The molecule has 1 amide bonds. The second-order valence-corrected chi connectivity index (χ2v) is 10.3. The van der Waals surface area contributed by atoms with Gasteiger partial charge < -0.3 is 26.7 Å². The maximum atomic E-state index is 12.3. The number of hydrogen-bond acceptors (Lipinski definition) is 6. The summed E-state index contributed by atoms with van der Waals surface area (Å²) >= 11 is 6.24. The van der Waals surface area contributed by atoms with Crippen molar-refractivity contribution in [3.05, 3.63) is 82.0 Å². The first kappa shape index (κ1) is 26.3. The number of H-pyrrole nitrogens is 1. The Kier molecular flexibility index (Phi) is 7.55. The number of aromatic amines is 1. The number of benzene rings is 2. The third-order valence-electron chi connectivity index (χ3n) is 6.93. The molecule has 8 nitrogen and oxygen atoms in total. The van der Waals surface area contributed by atoms with Crippen LogP contribution in [-0.4, -0.2) is 51.9 Å². The number of carbonyl (C=O) groups is 1. The van der Waals surface area contributed by atoms with Crippen molar-refractivity contribution < 1.29 is 4.79 Å². The predicted octanol–water partition coefficient (Wildman–Crippen LogP) is 4.69. The number of rotatable bonds is 5. The van der Waals surface area contributed by atoms with Crippen molar-refractivity contribution in [1.82, 2.24) is 19.9 Å². The Morgan fingerprint density at radius 2 is 1.87 bits per heavy atom. The molecule has 39 heavy (non-hydrogen) atoms. The van der Waals surface area contributed by atoms with Crippen molar-refractivity contribution >= 4 is 29.1 Å². The van der Waals surface area contributed by atoms with E-state index in [0.717, 1.165) is 48.3 Å². The molecular formula is C30H30ClN7O. The molecule has 1 saturated heterocycles. The molecule has 1 aliphatic rings. The summed E-state index contributed by atoms with van der Waals surface area (Å²) in [6.07, 6.45) is 3.84. The number of carbonyl (C=O) groups excluding carboxylic acids is 1. The molecule has 0 bridgehead atoms. The summed E-state index contributed by atoms with van der Waals surface area (Å²) in [5.74, 6) is 5.88. The quantitative estimate of drug-likeness (QED) is 0.273. The van der Waals surface area contributed by atoms with Crippen LogP contribution in [0.25, 0.3) is 22.6 Å². The molecule has 0 unspecified atom stereocenters. The zero-order valence-electron chi connectivity index (χ0n) is 21.9. The van der Waals surface area contributed by atoms with Crippen molar-refractivity contribution in [1.29, 1.82) is 0 Å². The van der Waals surface area contributed by atoms with E-state index in [0.29, 0.717) is 39.3 Å². The summed E-state index contributed by atoms with van der Waals surface area (Å²) in [5.41, 5.74) is 17.8. The lowest BCUT2D eigenvalue weighted by atomic mass is 10.0. The number of nitrogens with two attached hydrogens (primary N) is 2. The van der Waals surface area contributed by atoms with E-state index < -0.39 is 5.91 Å². The van der Waals surface area contributed by atoms with Gasteiger partial charge in [-0.25, -0.2) is 9.97 Å². The summed E-state index contributed by atoms with van der Waals surface area (Å²) in [7, 11) is 2.16. The van der Waals surface area contributed by atoms with Gasteiger partial charge in [0.2, 0.25) is 5.95 Å². The van der Waals surface area contributed by atoms with Gasteiger partial charge in [0, 0.05) is 34.1 Å². The number of aromatic nitrogens is 3. The van der Waals surface area contributed by atoms with Crippen molar-refractivity contribution in [2.75, 3.05) is 31.2 Å². The van der Waals surface area contributed by atoms with Crippen LogP contribution in [-0.2, 0) is 0 Å². The summed E-state index contributed by atoms with van der Waals surface area (Å²) < 4.78 is 0. The Labute approximate surface area is 232 Å². The van der Waals surface area contributed by atoms with Crippen molar-refractivity contribution in [2.24, 2.45) is 5.73 Å². The van der Waals surface area contributed by atoms with Gasteiger partial charge >= 0.3 is 0 Å². The summed E-state index contributed by atoms with van der Waals surface area (Å²) in [4.78, 5) is 26.6. The van der Waals surface area contributed by atoms with Crippen LogP contribution in [0.2, 0.25) is 5.02 Å². The molecule has 0 radical (unpaired) electrons. The molecule has 0 spiro atoms. The van der Waals surface area contributed by atoms with Crippen molar-refractivity contribution in [3.63, 3.8) is 0 Å². The van der Waals surface area contributed by atoms with Gasteiger partial charge in [0.1, 0.15) is 5.69 Å². The zero-order valence-corrected chi connectivity index (χ0v) is 22.6. The van der Waals surface area contributed by atoms with E-state index in [1.165, 1.54) is 0 Å². The zero-order chi connectivity index (χ0) is 27.5. The molecule has 0 atom stereocenters. The lowest BCUT2D eigenvalue weighted by molar-refractivity contribution is 0.100. The maximum Gasteiger partial charge on any atom is 0.250 e. The molecule has 5 rings (SSSR count). The number of primary amides is 1. The molecule has 198 valence electrons. The fraction of sp³-hybridized carbons (Fsp3) is 0.233. The van der Waals surface area contributed by atoms with Crippen LogP contribution in [0.3, 0.4) is 0 Å². The SMILES string of the molecule is Cc1ccc(Cl)cc1-c1[nH]c(-c2nc(N)ncc2C#Cc2ccc(NC3CCN(C)CC3)cc2)cc1C(N)=O. The van der Waals surface area contributed by atoms with Gasteiger partial charge in [-0.1, -0.05) is 29.5 Å². The van der Waals surface area contributed by atoms with Crippen LogP contribution in [0.1, 0.15) is 39.9 Å². The average Bonchev–Trinajstić information content (AvgIpc) is 3.37. The number of piperidine rings is 1. The molecule has 0 aliphatic carbocycles. The minimum absolute atomic E-state index is 0.0931. The van der Waals surface area contributed by atoms with E-state index in [2.05, 4.69) is 44.1 Å². The number of nitrogen functional groups attached to an aromatic ring is 1. The van der Waals surface area contributed by atoms with Crippen LogP contribution in [0.5, 0.6) is 0 Å². The van der Waals surface area contributed by atoms with E-state index in [-0.39, 0.29) is 5.95 Å². The lowest BCUT2D eigenvalue weighted by Gasteiger charge is -2.30. The van der Waals surface area contributed by atoms with Crippen molar-refractivity contribution in [3.8, 4) is 34.5 Å². The molecular weight excluding hydrogens is 510 g/mol. The van der Waals surface area contributed by atoms with Crippen LogP contribution in [0, 0.1) is 18.8 Å². The number of amides is 1. The minimum atomic E-state index is -0.574. The largest absolute Gasteiger partial charge is 0.382 e. The van der Waals surface area contributed by atoms with E-state index in [1.807, 2.05) is 37.3 Å². The lowest BCUT2D eigenvalue weighted by Crippen LogP contribution is -2.36. The molecule has 2 aromatic heterocycles. The second-order valence-electron chi connectivity index (χ2n) is 9.83. The third-order valence-corrected chi connectivity index (χ3v) is 7.17. The van der Waals surface area contributed by atoms with E-state index in [1.54, 1.807) is 24.4 Å². The van der Waals surface area contributed by atoms with Crippen LogP contribution < -0.4 is 16.8 Å². The highest BCUT2D eigenvalue weighted by Gasteiger charge is 2.20. The molecule has 6 N–H and O–H groups in total. The fourth-order valence-corrected chi connectivity index (χ4v) is 4.89. The third kappa shape index (κ3) is 6.06. The number of nitrogens with one attached hydrogen (secondary N) is 2. The molecule has 9 heteroatoms. The van der Waals surface area contributed by atoms with Gasteiger partial charge in [-0.15, -0.1) is 0 Å². The molecule has 0 saturated carbocycles. The van der Waals surface area contributed by atoms with E-state index in [4.69, 9.17) is 23.1 Å². The number of nitrogens with zero attached hydrogens (tertiary/aromatic N) is 3. The molecule has 1 fully saturated rings. The predicted molar refractivity (Wildman–Crippen MR) is 156 cm³/mol. The first-order chi connectivity index (χ1) is 18.8. The minimum Gasteiger partial charge on any atom is -0.382 e. The monoisotopic (exact) mass is 539 g/mol. The topological polar surface area (TPSA) is 126 Å². The summed E-state index contributed by atoms with van der Waals surface area (Å²) in [6.45, 7) is 4.15. The summed E-state index contributed by atoms with van der Waals surface area (Å²) in [5, 5.41) is 4.17. The van der Waals surface area contributed by atoms with Gasteiger partial charge in [-0.05, 0) is 87.9 Å². The number of halogens is 1. The van der Waals surface area contributed by atoms with Crippen LogP contribution >= 0.6 is 11.6 Å². The smallest absolute Gasteiger partial charge is 0.250 e. The number of hydrogen-bond donors (Lipinski definition) is 4. The molecule has 2 aromatic carbocycles. The van der Waals surface area contributed by atoms with Crippen molar-refractivity contribution in [2.45, 2.75) is 25.8 Å². The Hall–Kier alpha value is -4.32. The second kappa shape index (κ2) is 11.2. The van der Waals surface area contributed by atoms with Gasteiger partial charge in [-0.2, -0.15) is 0 Å². The molecule has 3 heterocycles. The fourth-order valence-electron chi connectivity index (χ4n) is 4.72. The van der Waals surface area contributed by atoms with Gasteiger partial charge in [0.05, 0.1) is 22.5 Å². The maximum absolute atomic E-state index is 12.3. The molecule has 1 aliphatic heterocycles. The Morgan fingerprint density at radius 1 is 1.13 bits per heavy atom. The first-order valence-electron chi connectivity index (χ1n) is 12.8. The number of likely N-dealkylation sites (tertiary alicyclic amines) is 1. The first-order valence-corrected chi connectivity index (χ1v) is 13.1. The Morgan fingerprint density at radius 3 is 2.59 bits per heavy atom. The van der Waals surface area contributed by atoms with Gasteiger partial charge in [0.15, 0.2) is 0 Å². The van der Waals surface area contributed by atoms with E-state index >= 15 is 0 Å². The highest BCUT2D eigenvalue weighted by molar-refractivity contribution is 6.31. The van der Waals surface area contributed by atoms with Gasteiger partial charge in [0.25, 0.3) is 5.91 Å². The van der Waals surface area contributed by atoms with E-state index in [9.17, 15) is 4.79 Å². The molecule has 4 aromatic rings. The Bertz CT molecular complexity index is 1580. The number of anilines is 2. The van der Waals surface area contributed by atoms with Crippen LogP contribution in [0.4, 0.5) is 11.6 Å². The normalized spacial score (nSPS) is 14.0. The standard InChI is InChI=1S/C30H30ClN7O/c1-18-3-8-21(31)15-24(18)28-25(29(32)39)16-26(36-28)27-20(17-34-30(33)37-27)7-4-19-5-9-22(10-6-19)35-23-11-13-38(2)14-12-23/h3,5-6,8-10,15-17,23,35-36H,11-14H2,1-2H3,(H2,32,39)(H2,33,34,37). The highest BCUT2D eigenvalue weighted by atomic mass is 35.5. The number of aryl methyl sites for hydroxylation is 1. The highest BCUT2D eigenvalue weighted by Crippen LogP contribution is 2.33. The summed E-state index contributed by atoms with van der Waals surface area (Å²) in [6, 6.07) is 15.7. The average molecular weight is 540 g/mol. The van der Waals surface area contributed by atoms with Crippen LogP contribution in [0.15, 0.2) is 54.7 Å².